The molecule has 1 N–H and O–H groups in total. The van der Waals surface area contributed by atoms with Crippen molar-refractivity contribution in [2.24, 2.45) is 0 Å². The van der Waals surface area contributed by atoms with E-state index in [0.717, 1.165) is 23.1 Å². The van der Waals surface area contributed by atoms with E-state index in [4.69, 9.17) is 4.74 Å². The van der Waals surface area contributed by atoms with E-state index >= 15 is 0 Å². The van der Waals surface area contributed by atoms with Crippen LogP contribution in [0.3, 0.4) is 0 Å². The molecule has 0 aromatic heterocycles. The first-order valence-corrected chi connectivity index (χ1v) is 10.7. The standard InChI is InChI=1S/C25H34N2O3/c1-6-14-26-25(29)23(7-2)27(16-21-11-9-8-10-19(21)4)24(28)17-30-22-13-12-18(3)20(5)15-22/h8-13,15,23H,6-7,14,16-17H2,1-5H3,(H,26,29). The zero-order chi connectivity index (χ0) is 22.1. The summed E-state index contributed by atoms with van der Waals surface area (Å²) in [5, 5.41) is 2.93. The second-order valence-electron chi connectivity index (χ2n) is 7.70. The molecule has 30 heavy (non-hydrogen) atoms. The number of ether oxygens (including phenoxy) is 1. The summed E-state index contributed by atoms with van der Waals surface area (Å²) in [5.41, 5.74) is 4.41. The molecular weight excluding hydrogens is 376 g/mol. The van der Waals surface area contributed by atoms with Crippen LogP contribution >= 0.6 is 0 Å². The van der Waals surface area contributed by atoms with E-state index in [-0.39, 0.29) is 18.4 Å². The van der Waals surface area contributed by atoms with Crippen molar-refractivity contribution in [3.63, 3.8) is 0 Å². The van der Waals surface area contributed by atoms with E-state index in [1.54, 1.807) is 4.90 Å². The van der Waals surface area contributed by atoms with Gasteiger partial charge in [0.2, 0.25) is 5.91 Å². The molecular formula is C25H34N2O3. The van der Waals surface area contributed by atoms with Crippen LogP contribution in [0.2, 0.25) is 0 Å². The second kappa shape index (κ2) is 11.4. The molecule has 0 spiro atoms. The summed E-state index contributed by atoms with van der Waals surface area (Å²) in [6, 6.07) is 13.2. The highest BCUT2D eigenvalue weighted by Crippen LogP contribution is 2.18. The molecule has 0 aliphatic heterocycles. The summed E-state index contributed by atoms with van der Waals surface area (Å²) in [4.78, 5) is 27.6. The number of benzene rings is 2. The average Bonchev–Trinajstić information content (AvgIpc) is 2.74. The maximum absolute atomic E-state index is 13.2. The van der Waals surface area contributed by atoms with Gasteiger partial charge in [0.05, 0.1) is 0 Å². The van der Waals surface area contributed by atoms with Gasteiger partial charge >= 0.3 is 0 Å². The van der Waals surface area contributed by atoms with Crippen LogP contribution in [-0.4, -0.2) is 35.9 Å². The fraction of sp³-hybridized carbons (Fsp3) is 0.440. The van der Waals surface area contributed by atoms with Crippen molar-refractivity contribution in [2.75, 3.05) is 13.2 Å². The zero-order valence-corrected chi connectivity index (χ0v) is 18.8. The average molecular weight is 411 g/mol. The molecule has 0 aliphatic rings. The van der Waals surface area contributed by atoms with Gasteiger partial charge in [-0.05, 0) is 68.0 Å². The van der Waals surface area contributed by atoms with Crippen molar-refractivity contribution in [1.29, 1.82) is 0 Å². The van der Waals surface area contributed by atoms with Crippen LogP contribution in [0.25, 0.3) is 0 Å². The van der Waals surface area contributed by atoms with Gasteiger partial charge in [-0.1, -0.05) is 44.2 Å². The van der Waals surface area contributed by atoms with Crippen LogP contribution in [-0.2, 0) is 16.1 Å². The monoisotopic (exact) mass is 410 g/mol. The van der Waals surface area contributed by atoms with E-state index in [2.05, 4.69) is 5.32 Å². The topological polar surface area (TPSA) is 58.6 Å². The number of carbonyl (C=O) groups is 2. The Morgan fingerprint density at radius 2 is 1.73 bits per heavy atom. The second-order valence-corrected chi connectivity index (χ2v) is 7.70. The minimum atomic E-state index is -0.535. The number of hydrogen-bond donors (Lipinski definition) is 1. The minimum Gasteiger partial charge on any atom is -0.484 e. The van der Waals surface area contributed by atoms with Gasteiger partial charge < -0.3 is 15.0 Å². The van der Waals surface area contributed by atoms with Crippen LogP contribution < -0.4 is 10.1 Å². The molecule has 2 amide bonds. The number of amides is 2. The minimum absolute atomic E-state index is 0.105. The maximum atomic E-state index is 13.2. The summed E-state index contributed by atoms with van der Waals surface area (Å²) >= 11 is 0. The van der Waals surface area contributed by atoms with Gasteiger partial charge in [-0.25, -0.2) is 0 Å². The van der Waals surface area contributed by atoms with Gasteiger partial charge in [-0.2, -0.15) is 0 Å². The summed E-state index contributed by atoms with van der Waals surface area (Å²) < 4.78 is 5.79. The third-order valence-corrected chi connectivity index (χ3v) is 5.38. The first-order valence-electron chi connectivity index (χ1n) is 10.7. The number of carbonyl (C=O) groups excluding carboxylic acids is 2. The molecule has 1 atom stereocenters. The Hall–Kier alpha value is -2.82. The van der Waals surface area contributed by atoms with E-state index in [9.17, 15) is 9.59 Å². The van der Waals surface area contributed by atoms with Crippen molar-refractivity contribution in [1.82, 2.24) is 10.2 Å². The van der Waals surface area contributed by atoms with Crippen molar-refractivity contribution < 1.29 is 14.3 Å². The zero-order valence-electron chi connectivity index (χ0n) is 18.8. The predicted molar refractivity (Wildman–Crippen MR) is 121 cm³/mol. The highest BCUT2D eigenvalue weighted by Gasteiger charge is 2.29. The fourth-order valence-corrected chi connectivity index (χ4v) is 3.29. The molecule has 5 nitrogen and oxygen atoms in total. The Bertz CT molecular complexity index is 863. The molecule has 0 fully saturated rings. The number of nitrogens with zero attached hydrogens (tertiary/aromatic N) is 1. The van der Waals surface area contributed by atoms with Gasteiger partial charge in [0.25, 0.3) is 5.91 Å². The number of nitrogens with one attached hydrogen (secondary N) is 1. The predicted octanol–water partition coefficient (Wildman–Crippen LogP) is 4.32. The largest absolute Gasteiger partial charge is 0.484 e. The van der Waals surface area contributed by atoms with Crippen molar-refractivity contribution >= 4 is 11.8 Å². The van der Waals surface area contributed by atoms with Gasteiger partial charge in [0, 0.05) is 13.1 Å². The highest BCUT2D eigenvalue weighted by molar-refractivity contribution is 5.88. The molecule has 2 aromatic rings. The Labute approximate surface area is 180 Å². The van der Waals surface area contributed by atoms with Crippen LogP contribution in [0.15, 0.2) is 42.5 Å². The maximum Gasteiger partial charge on any atom is 0.261 e. The molecule has 0 aliphatic carbocycles. The molecule has 0 bridgehead atoms. The SMILES string of the molecule is CCCNC(=O)C(CC)N(Cc1ccccc1C)C(=O)COc1ccc(C)c(C)c1. The number of rotatable bonds is 10. The Kier molecular flexibility index (Phi) is 8.90. The van der Waals surface area contributed by atoms with Crippen molar-refractivity contribution in [3.8, 4) is 5.75 Å². The molecule has 0 saturated carbocycles. The summed E-state index contributed by atoms with van der Waals surface area (Å²) in [5.74, 6) is 0.341. The summed E-state index contributed by atoms with van der Waals surface area (Å²) in [7, 11) is 0. The summed E-state index contributed by atoms with van der Waals surface area (Å²) in [6.45, 7) is 10.9. The summed E-state index contributed by atoms with van der Waals surface area (Å²) in [6.07, 6.45) is 1.39. The molecule has 0 saturated heterocycles. The van der Waals surface area contributed by atoms with E-state index in [1.165, 1.54) is 5.56 Å². The van der Waals surface area contributed by atoms with Gasteiger partial charge in [0.1, 0.15) is 11.8 Å². The number of aryl methyl sites for hydroxylation is 3. The number of hydrogen-bond acceptors (Lipinski definition) is 3. The van der Waals surface area contributed by atoms with Crippen molar-refractivity contribution in [2.45, 2.75) is 60.0 Å². The lowest BCUT2D eigenvalue weighted by Crippen LogP contribution is -2.50. The fourth-order valence-electron chi connectivity index (χ4n) is 3.29. The van der Waals surface area contributed by atoms with E-state index in [0.29, 0.717) is 25.3 Å². The molecule has 1 unspecified atom stereocenters. The Balaban J connectivity index is 2.21. The Morgan fingerprint density at radius 1 is 1.00 bits per heavy atom. The van der Waals surface area contributed by atoms with Crippen molar-refractivity contribution in [3.05, 3.63) is 64.7 Å². The van der Waals surface area contributed by atoms with E-state index < -0.39 is 6.04 Å². The first kappa shape index (κ1) is 23.5. The first-order chi connectivity index (χ1) is 14.4. The molecule has 0 radical (unpaired) electrons. The quantitative estimate of drug-likeness (QED) is 0.634. The van der Waals surface area contributed by atoms with Crippen LogP contribution in [0.5, 0.6) is 5.75 Å². The lowest BCUT2D eigenvalue weighted by molar-refractivity contribution is -0.143. The highest BCUT2D eigenvalue weighted by atomic mass is 16.5. The normalized spacial score (nSPS) is 11.6. The molecule has 0 heterocycles. The van der Waals surface area contributed by atoms with Gasteiger partial charge in [0.15, 0.2) is 6.61 Å². The smallest absolute Gasteiger partial charge is 0.261 e. The van der Waals surface area contributed by atoms with Gasteiger partial charge in [-0.3, -0.25) is 9.59 Å². The van der Waals surface area contributed by atoms with E-state index in [1.807, 2.05) is 77.1 Å². The van der Waals surface area contributed by atoms with Crippen LogP contribution in [0, 0.1) is 20.8 Å². The molecule has 162 valence electrons. The molecule has 2 rings (SSSR count). The van der Waals surface area contributed by atoms with Crippen LogP contribution in [0.1, 0.15) is 48.9 Å². The van der Waals surface area contributed by atoms with Crippen LogP contribution in [0.4, 0.5) is 0 Å². The third kappa shape index (κ3) is 6.34. The third-order valence-electron chi connectivity index (χ3n) is 5.38. The molecule has 2 aromatic carbocycles. The molecule has 5 heteroatoms. The van der Waals surface area contributed by atoms with Gasteiger partial charge in [-0.15, -0.1) is 0 Å². The Morgan fingerprint density at radius 3 is 2.37 bits per heavy atom. The lowest BCUT2D eigenvalue weighted by Gasteiger charge is -2.31. The lowest BCUT2D eigenvalue weighted by atomic mass is 10.1.